The Balaban J connectivity index is 1.55. The molecule has 0 saturated carbocycles. The number of rotatable bonds is 2. The van der Waals surface area contributed by atoms with Gasteiger partial charge in [-0.2, -0.15) is 17.7 Å². The van der Waals surface area contributed by atoms with Gasteiger partial charge in [0.25, 0.3) is 5.82 Å². The minimum absolute atomic E-state index is 0.0846. The topological polar surface area (TPSA) is 59.2 Å². The van der Waals surface area contributed by atoms with E-state index in [-0.39, 0.29) is 5.65 Å². The summed E-state index contributed by atoms with van der Waals surface area (Å²) in [5.41, 5.74) is 1.28. The van der Waals surface area contributed by atoms with Crippen LogP contribution in [0.15, 0.2) is 36.7 Å². The average Bonchev–Trinajstić information content (AvgIpc) is 3.06. The van der Waals surface area contributed by atoms with Crippen molar-refractivity contribution in [3.05, 3.63) is 48.0 Å². The van der Waals surface area contributed by atoms with Crippen LogP contribution < -0.4 is 4.90 Å². The molecule has 0 atom stereocenters. The number of anilines is 1. The summed E-state index contributed by atoms with van der Waals surface area (Å²) < 4.78 is 39.7. The number of alkyl halides is 3. The van der Waals surface area contributed by atoms with E-state index in [1.807, 2.05) is 17.2 Å². The molecule has 1 saturated heterocycles. The van der Waals surface area contributed by atoms with Crippen LogP contribution in [-0.2, 0) is 6.18 Å². The molecule has 0 N–H and O–H groups in total. The van der Waals surface area contributed by atoms with Crippen LogP contribution in [0.3, 0.4) is 0 Å². The molecule has 0 aliphatic carbocycles. The molecule has 3 aromatic heterocycles. The van der Waals surface area contributed by atoms with Crippen LogP contribution in [-0.4, -0.2) is 37.9 Å². The fourth-order valence-electron chi connectivity index (χ4n) is 3.18. The van der Waals surface area contributed by atoms with Crippen LogP contribution in [0, 0.1) is 0 Å². The molecule has 6 nitrogen and oxygen atoms in total. The van der Waals surface area contributed by atoms with E-state index >= 15 is 0 Å². The summed E-state index contributed by atoms with van der Waals surface area (Å²) in [6.07, 6.45) is 0.838. The SMILES string of the molecule is FC(F)(F)c1nnc2ccc(N3CCC(c4cccnc4)CC3)nn12. The number of halogens is 3. The van der Waals surface area contributed by atoms with Crippen molar-refractivity contribution in [1.82, 2.24) is 24.8 Å². The minimum atomic E-state index is -4.58. The lowest BCUT2D eigenvalue weighted by molar-refractivity contribution is -0.146. The van der Waals surface area contributed by atoms with Crippen molar-refractivity contribution in [2.45, 2.75) is 24.9 Å². The predicted molar refractivity (Wildman–Crippen MR) is 84.2 cm³/mol. The van der Waals surface area contributed by atoms with Crippen LogP contribution in [0.1, 0.15) is 30.1 Å². The molecule has 1 fully saturated rings. The molecule has 3 aromatic rings. The first-order valence-electron chi connectivity index (χ1n) is 7.97. The molecule has 4 heterocycles. The van der Waals surface area contributed by atoms with E-state index in [2.05, 4.69) is 26.3 Å². The van der Waals surface area contributed by atoms with Gasteiger partial charge in [0.2, 0.25) is 0 Å². The highest BCUT2D eigenvalue weighted by atomic mass is 19.4. The van der Waals surface area contributed by atoms with Crippen molar-refractivity contribution >= 4 is 11.5 Å². The number of fused-ring (bicyclic) bond motifs is 1. The van der Waals surface area contributed by atoms with Gasteiger partial charge in [-0.3, -0.25) is 4.98 Å². The Labute approximate surface area is 141 Å². The van der Waals surface area contributed by atoms with Crippen molar-refractivity contribution in [3.63, 3.8) is 0 Å². The number of hydrogen-bond acceptors (Lipinski definition) is 5. The summed E-state index contributed by atoms with van der Waals surface area (Å²) >= 11 is 0. The summed E-state index contributed by atoms with van der Waals surface area (Å²) in [6.45, 7) is 1.45. The first-order valence-corrected chi connectivity index (χ1v) is 7.97. The molecule has 1 aliphatic rings. The molecule has 4 rings (SSSR count). The Bertz CT molecular complexity index is 868. The third-order valence-electron chi connectivity index (χ3n) is 4.48. The van der Waals surface area contributed by atoms with Gasteiger partial charge in [-0.25, -0.2) is 0 Å². The van der Waals surface area contributed by atoms with Crippen LogP contribution in [0.5, 0.6) is 0 Å². The molecule has 0 aromatic carbocycles. The quantitative estimate of drug-likeness (QED) is 0.713. The maximum atomic E-state index is 13.0. The second-order valence-corrected chi connectivity index (χ2v) is 6.03. The second kappa shape index (κ2) is 5.98. The summed E-state index contributed by atoms with van der Waals surface area (Å²) in [5, 5.41) is 10.8. The van der Waals surface area contributed by atoms with Gasteiger partial charge in [-0.1, -0.05) is 6.07 Å². The fraction of sp³-hybridized carbons (Fsp3) is 0.375. The maximum Gasteiger partial charge on any atom is 0.453 e. The molecule has 9 heteroatoms. The molecule has 130 valence electrons. The third kappa shape index (κ3) is 3.01. The molecule has 25 heavy (non-hydrogen) atoms. The molecule has 0 bridgehead atoms. The van der Waals surface area contributed by atoms with Crippen molar-refractivity contribution in [3.8, 4) is 0 Å². The van der Waals surface area contributed by atoms with Crippen molar-refractivity contribution in [1.29, 1.82) is 0 Å². The lowest BCUT2D eigenvalue weighted by Gasteiger charge is -2.32. The van der Waals surface area contributed by atoms with E-state index in [4.69, 9.17) is 0 Å². The van der Waals surface area contributed by atoms with Crippen LogP contribution >= 0.6 is 0 Å². The molecule has 0 unspecified atom stereocenters. The Morgan fingerprint density at radius 2 is 1.84 bits per heavy atom. The van der Waals surface area contributed by atoms with Gasteiger partial charge in [0.15, 0.2) is 5.65 Å². The van der Waals surface area contributed by atoms with Gasteiger partial charge in [-0.15, -0.1) is 15.3 Å². The van der Waals surface area contributed by atoms with Gasteiger partial charge in [0, 0.05) is 25.5 Å². The smallest absolute Gasteiger partial charge is 0.355 e. The van der Waals surface area contributed by atoms with E-state index in [1.165, 1.54) is 11.6 Å². The van der Waals surface area contributed by atoms with E-state index < -0.39 is 12.0 Å². The zero-order valence-electron chi connectivity index (χ0n) is 13.2. The van der Waals surface area contributed by atoms with Gasteiger partial charge in [0.05, 0.1) is 0 Å². The number of nitrogens with zero attached hydrogens (tertiary/aromatic N) is 6. The number of hydrogen-bond donors (Lipinski definition) is 0. The van der Waals surface area contributed by atoms with Crippen LogP contribution in [0.4, 0.5) is 19.0 Å². The van der Waals surface area contributed by atoms with E-state index in [9.17, 15) is 13.2 Å². The zero-order chi connectivity index (χ0) is 17.4. The summed E-state index contributed by atoms with van der Waals surface area (Å²) in [6, 6.07) is 7.18. The molecule has 0 amide bonds. The number of pyridine rings is 1. The lowest BCUT2D eigenvalue weighted by atomic mass is 9.90. The van der Waals surface area contributed by atoms with Crippen molar-refractivity contribution < 1.29 is 13.2 Å². The zero-order valence-corrected chi connectivity index (χ0v) is 13.2. The summed E-state index contributed by atoms with van der Waals surface area (Å²) in [7, 11) is 0. The normalized spacial score (nSPS) is 16.5. The highest BCUT2D eigenvalue weighted by molar-refractivity contribution is 5.46. The van der Waals surface area contributed by atoms with Gasteiger partial charge in [-0.05, 0) is 42.5 Å². The molecule has 0 radical (unpaired) electrons. The lowest BCUT2D eigenvalue weighted by Crippen LogP contribution is -2.34. The minimum Gasteiger partial charge on any atom is -0.355 e. The largest absolute Gasteiger partial charge is 0.453 e. The highest BCUT2D eigenvalue weighted by Crippen LogP contribution is 2.31. The number of piperidine rings is 1. The van der Waals surface area contributed by atoms with Gasteiger partial charge >= 0.3 is 6.18 Å². The van der Waals surface area contributed by atoms with Gasteiger partial charge in [0.1, 0.15) is 5.82 Å². The standard InChI is InChI=1S/C16H15F3N6/c17-16(18,19)15-22-21-13-3-4-14(23-25(13)15)24-8-5-11(6-9-24)12-2-1-7-20-10-12/h1-4,7,10-11H,5-6,8-9H2. The van der Waals surface area contributed by atoms with Crippen LogP contribution in [0.2, 0.25) is 0 Å². The van der Waals surface area contributed by atoms with Crippen LogP contribution in [0.25, 0.3) is 5.65 Å². The second-order valence-electron chi connectivity index (χ2n) is 6.03. The van der Waals surface area contributed by atoms with Crippen molar-refractivity contribution in [2.75, 3.05) is 18.0 Å². The Hall–Kier alpha value is -2.71. The number of aromatic nitrogens is 5. The van der Waals surface area contributed by atoms with E-state index in [1.54, 1.807) is 12.3 Å². The summed E-state index contributed by atoms with van der Waals surface area (Å²) in [4.78, 5) is 6.14. The first-order chi connectivity index (χ1) is 12.0. The maximum absolute atomic E-state index is 13.0. The van der Waals surface area contributed by atoms with Crippen molar-refractivity contribution in [2.24, 2.45) is 0 Å². The molecule has 0 spiro atoms. The summed E-state index contributed by atoms with van der Waals surface area (Å²) in [5.74, 6) is -0.189. The molecular formula is C16H15F3N6. The highest BCUT2D eigenvalue weighted by Gasteiger charge is 2.37. The first kappa shape index (κ1) is 15.8. The van der Waals surface area contributed by atoms with Gasteiger partial charge < -0.3 is 4.90 Å². The Morgan fingerprint density at radius 1 is 1.04 bits per heavy atom. The van der Waals surface area contributed by atoms with E-state index in [0.717, 1.165) is 30.4 Å². The molecule has 1 aliphatic heterocycles. The fourth-order valence-corrected chi connectivity index (χ4v) is 3.18. The molecular weight excluding hydrogens is 333 g/mol. The predicted octanol–water partition coefficient (Wildman–Crippen LogP) is 2.92. The van der Waals surface area contributed by atoms with E-state index in [0.29, 0.717) is 11.7 Å². The average molecular weight is 348 g/mol. The Kier molecular flexibility index (Phi) is 3.78. The Morgan fingerprint density at radius 3 is 2.52 bits per heavy atom. The monoisotopic (exact) mass is 348 g/mol. The third-order valence-corrected chi connectivity index (χ3v) is 4.48.